The molecule has 1 N–H and O–H groups in total. The Balaban J connectivity index is 1.45. The first-order valence-electron chi connectivity index (χ1n) is 8.09. The largest absolute Gasteiger partial charge is 0.478 e. The van der Waals surface area contributed by atoms with Crippen molar-refractivity contribution in [3.63, 3.8) is 0 Å². The summed E-state index contributed by atoms with van der Waals surface area (Å²) in [4.78, 5) is 12.1. The van der Waals surface area contributed by atoms with E-state index in [1.807, 2.05) is 41.2 Å². The lowest BCUT2D eigenvalue weighted by atomic mass is 10.2. The molecule has 0 atom stereocenters. The first kappa shape index (κ1) is 17.3. The van der Waals surface area contributed by atoms with Gasteiger partial charge in [-0.25, -0.2) is 4.39 Å². The first-order chi connectivity index (χ1) is 12.7. The molecule has 2 aromatic carbocycles. The topological polar surface area (TPSA) is 43.3 Å². The third kappa shape index (κ3) is 4.52. The maximum Gasteiger partial charge on any atom is 0.252 e. The summed E-state index contributed by atoms with van der Waals surface area (Å²) >= 11 is 0. The maximum atomic E-state index is 13.3. The number of nitrogens with zero attached hydrogens (tertiary/aromatic N) is 1. The fourth-order valence-electron chi connectivity index (χ4n) is 2.31. The molecule has 3 aromatic rings. The van der Waals surface area contributed by atoms with E-state index < -0.39 is 5.82 Å². The summed E-state index contributed by atoms with van der Waals surface area (Å²) in [5.41, 5.74) is 1.54. The number of ether oxygens (including phenoxy) is 1. The van der Waals surface area contributed by atoms with Crippen molar-refractivity contribution >= 4 is 5.91 Å². The van der Waals surface area contributed by atoms with Gasteiger partial charge in [0.15, 0.2) is 11.6 Å². The van der Waals surface area contributed by atoms with Gasteiger partial charge in [-0.2, -0.15) is 0 Å². The molecule has 1 aromatic heterocycles. The molecule has 0 spiro atoms. The SMILES string of the molecule is O=C(NCC#CCOc1ccccc1F)c1ccc(-n2cccc2)cc1. The predicted molar refractivity (Wildman–Crippen MR) is 97.8 cm³/mol. The van der Waals surface area contributed by atoms with E-state index in [4.69, 9.17) is 4.74 Å². The Hall–Kier alpha value is -3.52. The molecule has 0 bridgehead atoms. The molecule has 0 aliphatic carbocycles. The molecule has 0 fully saturated rings. The number of nitrogens with one attached hydrogen (secondary N) is 1. The Morgan fingerprint density at radius 3 is 2.46 bits per heavy atom. The minimum Gasteiger partial charge on any atom is -0.478 e. The predicted octanol–water partition coefficient (Wildman–Crippen LogP) is 3.43. The summed E-state index contributed by atoms with van der Waals surface area (Å²) < 4.78 is 20.5. The average molecular weight is 348 g/mol. The number of rotatable bonds is 5. The van der Waals surface area contributed by atoms with Crippen LogP contribution in [0.1, 0.15) is 10.4 Å². The van der Waals surface area contributed by atoms with Crippen molar-refractivity contribution in [2.45, 2.75) is 0 Å². The van der Waals surface area contributed by atoms with Crippen molar-refractivity contribution < 1.29 is 13.9 Å². The van der Waals surface area contributed by atoms with Crippen LogP contribution >= 0.6 is 0 Å². The zero-order valence-corrected chi connectivity index (χ0v) is 14.0. The van der Waals surface area contributed by atoms with Crippen molar-refractivity contribution in [2.75, 3.05) is 13.2 Å². The van der Waals surface area contributed by atoms with Crippen molar-refractivity contribution in [3.05, 3.63) is 84.4 Å². The van der Waals surface area contributed by atoms with Gasteiger partial charge in [-0.3, -0.25) is 4.79 Å². The van der Waals surface area contributed by atoms with E-state index in [0.717, 1.165) is 5.69 Å². The van der Waals surface area contributed by atoms with Gasteiger partial charge in [-0.05, 0) is 48.5 Å². The molecular formula is C21H17FN2O2. The van der Waals surface area contributed by atoms with Crippen LogP contribution in [-0.4, -0.2) is 23.6 Å². The second-order valence-electron chi connectivity index (χ2n) is 5.39. The van der Waals surface area contributed by atoms with Gasteiger partial charge in [0.25, 0.3) is 5.91 Å². The number of hydrogen-bond acceptors (Lipinski definition) is 2. The number of amides is 1. The van der Waals surface area contributed by atoms with Gasteiger partial charge in [0.05, 0.1) is 6.54 Å². The molecule has 0 saturated carbocycles. The zero-order valence-electron chi connectivity index (χ0n) is 14.0. The van der Waals surface area contributed by atoms with E-state index in [-0.39, 0.29) is 24.8 Å². The summed E-state index contributed by atoms with van der Waals surface area (Å²) in [6.07, 6.45) is 3.88. The summed E-state index contributed by atoms with van der Waals surface area (Å²) in [6.45, 7) is 0.251. The molecule has 0 aliphatic rings. The Kier molecular flexibility index (Phi) is 5.69. The molecular weight excluding hydrogens is 331 g/mol. The van der Waals surface area contributed by atoms with E-state index in [1.165, 1.54) is 12.1 Å². The monoisotopic (exact) mass is 348 g/mol. The third-order valence-electron chi connectivity index (χ3n) is 3.63. The van der Waals surface area contributed by atoms with E-state index in [9.17, 15) is 9.18 Å². The summed E-state index contributed by atoms with van der Waals surface area (Å²) in [5.74, 6) is 5.05. The number of aromatic nitrogens is 1. The summed E-state index contributed by atoms with van der Waals surface area (Å²) in [5, 5.41) is 2.71. The highest BCUT2D eigenvalue weighted by Crippen LogP contribution is 2.14. The minimum atomic E-state index is -0.425. The molecule has 0 saturated heterocycles. The second-order valence-corrected chi connectivity index (χ2v) is 5.39. The van der Waals surface area contributed by atoms with Crippen LogP contribution in [0.4, 0.5) is 4.39 Å². The van der Waals surface area contributed by atoms with Gasteiger partial charge in [0.2, 0.25) is 0 Å². The lowest BCUT2D eigenvalue weighted by molar-refractivity contribution is 0.0958. The molecule has 1 amide bonds. The normalized spacial score (nSPS) is 9.88. The van der Waals surface area contributed by atoms with Gasteiger partial charge in [-0.1, -0.05) is 24.0 Å². The zero-order chi connectivity index (χ0) is 18.2. The number of para-hydroxylation sites is 1. The van der Waals surface area contributed by atoms with Crippen molar-refractivity contribution in [2.24, 2.45) is 0 Å². The van der Waals surface area contributed by atoms with Gasteiger partial charge < -0.3 is 14.6 Å². The second kappa shape index (κ2) is 8.54. The Morgan fingerprint density at radius 1 is 1.00 bits per heavy atom. The third-order valence-corrected chi connectivity index (χ3v) is 3.63. The number of halogens is 1. The van der Waals surface area contributed by atoms with Gasteiger partial charge in [0, 0.05) is 23.6 Å². The molecule has 5 heteroatoms. The lowest BCUT2D eigenvalue weighted by Crippen LogP contribution is -2.23. The fraction of sp³-hybridized carbons (Fsp3) is 0.0952. The highest BCUT2D eigenvalue weighted by atomic mass is 19.1. The first-order valence-corrected chi connectivity index (χ1v) is 8.09. The molecule has 0 radical (unpaired) electrons. The van der Waals surface area contributed by atoms with Crippen molar-refractivity contribution in [3.8, 4) is 23.3 Å². The van der Waals surface area contributed by atoms with Crippen molar-refractivity contribution in [1.82, 2.24) is 9.88 Å². The van der Waals surface area contributed by atoms with E-state index in [1.54, 1.807) is 24.3 Å². The van der Waals surface area contributed by atoms with Crippen LogP contribution < -0.4 is 10.1 Å². The van der Waals surface area contributed by atoms with Gasteiger partial charge >= 0.3 is 0 Å². The molecule has 0 unspecified atom stereocenters. The standard InChI is InChI=1S/C21H17FN2O2/c22-19-7-1-2-8-20(19)26-16-6-3-13-23-21(25)17-9-11-18(12-10-17)24-14-4-5-15-24/h1-2,4-5,7-12,14-15H,13,16H2,(H,23,25). The van der Waals surface area contributed by atoms with E-state index in [2.05, 4.69) is 17.2 Å². The number of benzene rings is 2. The van der Waals surface area contributed by atoms with Gasteiger partial charge in [-0.15, -0.1) is 0 Å². The van der Waals surface area contributed by atoms with E-state index in [0.29, 0.717) is 5.56 Å². The maximum absolute atomic E-state index is 13.3. The fourth-order valence-corrected chi connectivity index (χ4v) is 2.31. The summed E-state index contributed by atoms with van der Waals surface area (Å²) in [7, 11) is 0. The van der Waals surface area contributed by atoms with Crippen LogP contribution in [0.25, 0.3) is 5.69 Å². The van der Waals surface area contributed by atoms with Crippen LogP contribution in [-0.2, 0) is 0 Å². The Morgan fingerprint density at radius 2 is 1.73 bits per heavy atom. The number of carbonyl (C=O) groups is 1. The quantitative estimate of drug-likeness (QED) is 0.718. The van der Waals surface area contributed by atoms with Crippen LogP contribution in [0.2, 0.25) is 0 Å². The summed E-state index contributed by atoms with van der Waals surface area (Å²) in [6, 6.07) is 17.3. The molecule has 3 rings (SSSR count). The average Bonchev–Trinajstić information content (AvgIpc) is 3.20. The molecule has 130 valence electrons. The van der Waals surface area contributed by atoms with Crippen LogP contribution in [0.5, 0.6) is 5.75 Å². The van der Waals surface area contributed by atoms with Gasteiger partial charge in [0.1, 0.15) is 6.61 Å². The molecule has 4 nitrogen and oxygen atoms in total. The minimum absolute atomic E-state index is 0.0579. The van der Waals surface area contributed by atoms with Crippen molar-refractivity contribution in [1.29, 1.82) is 0 Å². The highest BCUT2D eigenvalue weighted by Gasteiger charge is 2.04. The Bertz CT molecular complexity index is 923. The number of hydrogen-bond donors (Lipinski definition) is 1. The Labute approximate surface area is 151 Å². The lowest BCUT2D eigenvalue weighted by Gasteiger charge is -2.05. The van der Waals surface area contributed by atoms with Crippen LogP contribution in [0.15, 0.2) is 73.1 Å². The number of carbonyl (C=O) groups excluding carboxylic acids is 1. The highest BCUT2D eigenvalue weighted by molar-refractivity contribution is 5.94. The smallest absolute Gasteiger partial charge is 0.252 e. The molecule has 26 heavy (non-hydrogen) atoms. The molecule has 1 heterocycles. The molecule has 0 aliphatic heterocycles. The van der Waals surface area contributed by atoms with Crippen LogP contribution in [0, 0.1) is 17.7 Å². The van der Waals surface area contributed by atoms with Crippen LogP contribution in [0.3, 0.4) is 0 Å². The van der Waals surface area contributed by atoms with E-state index >= 15 is 0 Å².